The fourth-order valence-corrected chi connectivity index (χ4v) is 3.64. The highest BCUT2D eigenvalue weighted by molar-refractivity contribution is 7.99. The summed E-state index contributed by atoms with van der Waals surface area (Å²) < 4.78 is 21.2. The molecule has 0 saturated carbocycles. The molecule has 0 spiro atoms. The van der Waals surface area contributed by atoms with Crippen molar-refractivity contribution >= 4 is 23.4 Å². The van der Waals surface area contributed by atoms with Crippen molar-refractivity contribution < 1.29 is 13.9 Å². The topological polar surface area (TPSA) is 81.9 Å². The van der Waals surface area contributed by atoms with Crippen molar-refractivity contribution in [1.29, 1.82) is 0 Å². The minimum Gasteiger partial charge on any atom is -0.481 e. The predicted octanol–water partition coefficient (Wildman–Crippen LogP) is 4.21. The second-order valence-electron chi connectivity index (χ2n) is 6.38. The molecule has 2 heterocycles. The molecule has 9 heteroatoms. The lowest BCUT2D eigenvalue weighted by Crippen LogP contribution is -2.14. The molecule has 0 unspecified atom stereocenters. The Morgan fingerprint density at radius 2 is 1.84 bits per heavy atom. The number of nitrogens with one attached hydrogen (secondary N) is 1. The van der Waals surface area contributed by atoms with Crippen molar-refractivity contribution in [3.05, 3.63) is 78.7 Å². The van der Waals surface area contributed by atoms with Crippen LogP contribution in [0.15, 0.2) is 78.1 Å². The molecule has 1 amide bonds. The summed E-state index contributed by atoms with van der Waals surface area (Å²) in [5.41, 5.74) is 1.66. The second-order valence-corrected chi connectivity index (χ2v) is 7.33. The molecular formula is C22H18FN5O2S. The van der Waals surface area contributed by atoms with Gasteiger partial charge in [-0.3, -0.25) is 9.36 Å². The van der Waals surface area contributed by atoms with Crippen molar-refractivity contribution in [3.63, 3.8) is 0 Å². The van der Waals surface area contributed by atoms with E-state index in [4.69, 9.17) is 4.74 Å². The van der Waals surface area contributed by atoms with Crippen LogP contribution in [0.5, 0.6) is 5.88 Å². The second kappa shape index (κ2) is 9.40. The number of aromatic nitrogens is 4. The number of carbonyl (C=O) groups excluding carboxylic acids is 1. The lowest BCUT2D eigenvalue weighted by atomic mass is 10.2. The van der Waals surface area contributed by atoms with Crippen LogP contribution in [0.25, 0.3) is 17.1 Å². The number of nitrogens with zero attached hydrogens (tertiary/aromatic N) is 4. The third-order valence-electron chi connectivity index (χ3n) is 4.32. The molecule has 0 aliphatic rings. The van der Waals surface area contributed by atoms with Crippen molar-refractivity contribution in [2.45, 2.75) is 5.16 Å². The van der Waals surface area contributed by atoms with Gasteiger partial charge in [-0.25, -0.2) is 9.37 Å². The summed E-state index contributed by atoms with van der Waals surface area (Å²) in [4.78, 5) is 16.5. The molecule has 4 aromatic rings. The number of hydrogen-bond donors (Lipinski definition) is 1. The quantitative estimate of drug-likeness (QED) is 0.438. The molecule has 0 aliphatic heterocycles. The maximum Gasteiger partial charge on any atom is 0.234 e. The molecule has 0 fully saturated rings. The molecule has 0 atom stereocenters. The highest BCUT2D eigenvalue weighted by Gasteiger charge is 2.19. The number of para-hydroxylation sites is 1. The molecule has 0 saturated heterocycles. The smallest absolute Gasteiger partial charge is 0.234 e. The van der Waals surface area contributed by atoms with Crippen LogP contribution in [-0.4, -0.2) is 38.5 Å². The van der Waals surface area contributed by atoms with E-state index < -0.39 is 5.82 Å². The van der Waals surface area contributed by atoms with Crippen molar-refractivity contribution in [2.24, 2.45) is 0 Å². The number of rotatable bonds is 7. The van der Waals surface area contributed by atoms with Gasteiger partial charge in [0.05, 0.1) is 30.3 Å². The summed E-state index contributed by atoms with van der Waals surface area (Å²) in [6.07, 6.45) is 1.52. The van der Waals surface area contributed by atoms with E-state index in [1.54, 1.807) is 34.9 Å². The highest BCUT2D eigenvalue weighted by Crippen LogP contribution is 2.29. The maximum atomic E-state index is 14.4. The average molecular weight is 435 g/mol. The molecule has 4 rings (SSSR count). The zero-order chi connectivity index (χ0) is 21.6. The number of carbonyl (C=O) groups is 1. The standard InChI is InChI=1S/C22H18FN5O2S/c1-30-20-12-11-15(13-24-20)25-19(29)14-31-22-27-26-21(17-9-5-6-10-18(17)23)28(22)16-7-3-2-4-8-16/h2-13H,14H2,1H3,(H,25,29). The van der Waals surface area contributed by atoms with Crippen molar-refractivity contribution in [2.75, 3.05) is 18.2 Å². The molecule has 156 valence electrons. The molecule has 2 aromatic carbocycles. The zero-order valence-corrected chi connectivity index (χ0v) is 17.3. The summed E-state index contributed by atoms with van der Waals surface area (Å²) >= 11 is 1.21. The first-order valence-corrected chi connectivity index (χ1v) is 10.3. The minimum atomic E-state index is -0.395. The fraction of sp³-hybridized carbons (Fsp3) is 0.0909. The van der Waals surface area contributed by atoms with Gasteiger partial charge >= 0.3 is 0 Å². The van der Waals surface area contributed by atoms with Crippen LogP contribution in [0, 0.1) is 5.82 Å². The monoisotopic (exact) mass is 435 g/mol. The Labute approximate surface area is 182 Å². The number of amides is 1. The van der Waals surface area contributed by atoms with Crippen LogP contribution in [0.1, 0.15) is 0 Å². The van der Waals surface area contributed by atoms with Gasteiger partial charge in [0.2, 0.25) is 11.8 Å². The third-order valence-corrected chi connectivity index (χ3v) is 5.25. The van der Waals surface area contributed by atoms with E-state index in [1.807, 2.05) is 30.3 Å². The Hall–Kier alpha value is -3.72. The Bertz CT molecular complexity index is 1180. The number of pyridine rings is 1. The normalized spacial score (nSPS) is 10.6. The molecule has 7 nitrogen and oxygen atoms in total. The first-order valence-electron chi connectivity index (χ1n) is 9.34. The largest absolute Gasteiger partial charge is 0.481 e. The van der Waals surface area contributed by atoms with Crippen molar-refractivity contribution in [3.8, 4) is 23.0 Å². The molecule has 1 N–H and O–H groups in total. The summed E-state index contributed by atoms with van der Waals surface area (Å²) in [5.74, 6) is 0.296. The number of hydrogen-bond acceptors (Lipinski definition) is 6. The maximum absolute atomic E-state index is 14.4. The Morgan fingerprint density at radius 3 is 2.55 bits per heavy atom. The molecule has 0 bridgehead atoms. The first kappa shape index (κ1) is 20.5. The van der Waals surface area contributed by atoms with Gasteiger partial charge in [-0.05, 0) is 30.3 Å². The van der Waals surface area contributed by atoms with Crippen LogP contribution >= 0.6 is 11.8 Å². The Balaban J connectivity index is 1.57. The number of benzene rings is 2. The van der Waals surface area contributed by atoms with Crippen LogP contribution in [0.3, 0.4) is 0 Å². The molecule has 2 aromatic heterocycles. The lowest BCUT2D eigenvalue weighted by Gasteiger charge is -2.11. The van der Waals surface area contributed by atoms with Crippen LogP contribution in [0.2, 0.25) is 0 Å². The Kier molecular flexibility index (Phi) is 6.23. The molecule has 31 heavy (non-hydrogen) atoms. The summed E-state index contributed by atoms with van der Waals surface area (Å²) in [6, 6.07) is 19.1. The molecular weight excluding hydrogens is 417 g/mol. The van der Waals surface area contributed by atoms with E-state index in [0.717, 1.165) is 5.69 Å². The van der Waals surface area contributed by atoms with Gasteiger partial charge in [-0.1, -0.05) is 42.1 Å². The summed E-state index contributed by atoms with van der Waals surface area (Å²) in [5, 5.41) is 11.7. The summed E-state index contributed by atoms with van der Waals surface area (Å²) in [6.45, 7) is 0. The predicted molar refractivity (Wildman–Crippen MR) is 117 cm³/mol. The van der Waals surface area contributed by atoms with E-state index in [9.17, 15) is 9.18 Å². The number of methoxy groups -OCH3 is 1. The van der Waals surface area contributed by atoms with Crippen molar-refractivity contribution in [1.82, 2.24) is 19.7 Å². The van der Waals surface area contributed by atoms with Gasteiger partial charge in [-0.15, -0.1) is 10.2 Å². The van der Waals surface area contributed by atoms with Gasteiger partial charge in [0.25, 0.3) is 0 Å². The van der Waals surface area contributed by atoms with E-state index in [0.29, 0.717) is 28.1 Å². The summed E-state index contributed by atoms with van der Waals surface area (Å²) in [7, 11) is 1.52. The van der Waals surface area contributed by atoms with Crippen LogP contribution in [0.4, 0.5) is 10.1 Å². The van der Waals surface area contributed by atoms with Crippen LogP contribution in [-0.2, 0) is 4.79 Å². The lowest BCUT2D eigenvalue weighted by molar-refractivity contribution is -0.113. The Morgan fingerprint density at radius 1 is 1.06 bits per heavy atom. The van der Waals surface area contributed by atoms with Gasteiger partial charge in [0, 0.05) is 11.8 Å². The number of halogens is 1. The van der Waals surface area contributed by atoms with E-state index in [-0.39, 0.29) is 11.7 Å². The third kappa shape index (κ3) is 4.72. The minimum absolute atomic E-state index is 0.0915. The van der Waals surface area contributed by atoms with E-state index in [2.05, 4.69) is 20.5 Å². The van der Waals surface area contributed by atoms with Gasteiger partial charge in [0.15, 0.2) is 11.0 Å². The number of anilines is 1. The van der Waals surface area contributed by atoms with E-state index >= 15 is 0 Å². The fourth-order valence-electron chi connectivity index (χ4n) is 2.89. The highest BCUT2D eigenvalue weighted by atomic mass is 32.2. The SMILES string of the molecule is COc1ccc(NC(=O)CSc2nnc(-c3ccccc3F)n2-c2ccccc2)cn1. The molecule has 0 radical (unpaired) electrons. The number of ether oxygens (including phenoxy) is 1. The zero-order valence-electron chi connectivity index (χ0n) is 16.5. The van der Waals surface area contributed by atoms with Gasteiger partial charge in [-0.2, -0.15) is 0 Å². The van der Waals surface area contributed by atoms with E-state index in [1.165, 1.54) is 31.1 Å². The average Bonchev–Trinajstić information content (AvgIpc) is 3.23. The number of thioether (sulfide) groups is 1. The van der Waals surface area contributed by atoms with Gasteiger partial charge < -0.3 is 10.1 Å². The van der Waals surface area contributed by atoms with Crippen LogP contribution < -0.4 is 10.1 Å². The molecule has 0 aliphatic carbocycles. The van der Waals surface area contributed by atoms with Gasteiger partial charge in [0.1, 0.15) is 5.82 Å². The first-order chi connectivity index (χ1) is 15.2.